The lowest BCUT2D eigenvalue weighted by Crippen LogP contribution is -2.18. The highest BCUT2D eigenvalue weighted by Crippen LogP contribution is 2.36. The van der Waals surface area contributed by atoms with Crippen molar-refractivity contribution in [3.8, 4) is 5.75 Å². The van der Waals surface area contributed by atoms with Crippen molar-refractivity contribution in [2.45, 2.75) is 18.6 Å². The third-order valence-electron chi connectivity index (χ3n) is 2.18. The third kappa shape index (κ3) is 2.86. The van der Waals surface area contributed by atoms with Gasteiger partial charge in [-0.05, 0) is 24.1 Å². The van der Waals surface area contributed by atoms with E-state index < -0.39 is 23.5 Å². The molecule has 1 aromatic carbocycles. The highest BCUT2D eigenvalue weighted by Gasteiger charge is 2.34. The molecule has 0 radical (unpaired) electrons. The zero-order chi connectivity index (χ0) is 12.3. The van der Waals surface area contributed by atoms with E-state index in [1.807, 2.05) is 0 Å². The summed E-state index contributed by atoms with van der Waals surface area (Å²) in [5.41, 5.74) is 4.42. The van der Waals surface area contributed by atoms with E-state index in [0.29, 0.717) is 6.07 Å². The molecule has 1 aromatic rings. The molecule has 0 amide bonds. The van der Waals surface area contributed by atoms with Crippen LogP contribution in [0.2, 0.25) is 0 Å². The van der Waals surface area contributed by atoms with Crippen LogP contribution in [0.3, 0.4) is 0 Å². The fourth-order valence-electron chi connectivity index (χ4n) is 1.41. The van der Waals surface area contributed by atoms with Gasteiger partial charge in [0.1, 0.15) is 5.75 Å². The average Bonchev–Trinajstić information content (AvgIpc) is 2.16. The van der Waals surface area contributed by atoms with Crippen molar-refractivity contribution in [3.05, 3.63) is 29.3 Å². The van der Waals surface area contributed by atoms with Gasteiger partial charge in [0.2, 0.25) is 0 Å². The molecule has 16 heavy (non-hydrogen) atoms. The standard InChI is InChI=1S/C10H12F3NO2/c11-10(12,13)8-5-6(16)1-2-7(8)9(14)3-4-15/h1-2,5,9,15-16H,3-4,14H2. The first-order valence-corrected chi connectivity index (χ1v) is 4.63. The van der Waals surface area contributed by atoms with Crippen molar-refractivity contribution >= 4 is 0 Å². The number of rotatable bonds is 3. The number of hydrogen-bond acceptors (Lipinski definition) is 3. The minimum atomic E-state index is -4.57. The number of hydrogen-bond donors (Lipinski definition) is 3. The van der Waals surface area contributed by atoms with Gasteiger partial charge in [-0.2, -0.15) is 13.2 Å². The first-order valence-electron chi connectivity index (χ1n) is 4.63. The van der Waals surface area contributed by atoms with Crippen LogP contribution >= 0.6 is 0 Å². The molecular formula is C10H12F3NO2. The second-order valence-electron chi connectivity index (χ2n) is 3.39. The maximum absolute atomic E-state index is 12.6. The highest BCUT2D eigenvalue weighted by atomic mass is 19.4. The number of aliphatic hydroxyl groups excluding tert-OH is 1. The monoisotopic (exact) mass is 235 g/mol. The van der Waals surface area contributed by atoms with Crippen LogP contribution in [-0.4, -0.2) is 16.8 Å². The first-order chi connectivity index (χ1) is 7.36. The van der Waals surface area contributed by atoms with Gasteiger partial charge in [0.05, 0.1) is 5.56 Å². The SMILES string of the molecule is NC(CCO)c1ccc(O)cc1C(F)(F)F. The summed E-state index contributed by atoms with van der Waals surface area (Å²) in [5.74, 6) is -0.465. The molecule has 1 atom stereocenters. The molecule has 0 aliphatic carbocycles. The Morgan fingerprint density at radius 2 is 1.94 bits per heavy atom. The van der Waals surface area contributed by atoms with E-state index in [-0.39, 0.29) is 18.6 Å². The van der Waals surface area contributed by atoms with Gasteiger partial charge in [0.25, 0.3) is 0 Å². The molecule has 0 saturated heterocycles. The van der Waals surface area contributed by atoms with Gasteiger partial charge in [0, 0.05) is 12.6 Å². The lowest BCUT2D eigenvalue weighted by Gasteiger charge is -2.17. The summed E-state index contributed by atoms with van der Waals surface area (Å²) in [6, 6.07) is 1.99. The van der Waals surface area contributed by atoms with Crippen LogP contribution in [0.5, 0.6) is 5.75 Å². The van der Waals surface area contributed by atoms with E-state index in [2.05, 4.69) is 0 Å². The molecule has 1 unspecified atom stereocenters. The molecule has 4 N–H and O–H groups in total. The van der Waals surface area contributed by atoms with Gasteiger partial charge in [-0.1, -0.05) is 6.07 Å². The average molecular weight is 235 g/mol. The summed E-state index contributed by atoms with van der Waals surface area (Å²) in [4.78, 5) is 0. The maximum atomic E-state index is 12.6. The molecule has 90 valence electrons. The molecule has 0 saturated carbocycles. The first kappa shape index (κ1) is 12.8. The Bertz CT molecular complexity index is 366. The molecule has 0 aliphatic rings. The smallest absolute Gasteiger partial charge is 0.416 e. The number of halogens is 3. The van der Waals surface area contributed by atoms with Gasteiger partial charge in [-0.25, -0.2) is 0 Å². The number of phenolic OH excluding ortho intramolecular Hbond substituents is 1. The summed E-state index contributed by atoms with van der Waals surface area (Å²) in [6.07, 6.45) is -4.53. The molecule has 0 aliphatic heterocycles. The van der Waals surface area contributed by atoms with E-state index in [1.54, 1.807) is 0 Å². The van der Waals surface area contributed by atoms with Crippen LogP contribution in [0.15, 0.2) is 18.2 Å². The number of aromatic hydroxyl groups is 1. The predicted octanol–water partition coefficient (Wildman–Crippen LogP) is 1.79. The molecule has 0 fully saturated rings. The van der Waals surface area contributed by atoms with Crippen molar-refractivity contribution in [2.75, 3.05) is 6.61 Å². The molecule has 0 aromatic heterocycles. The summed E-state index contributed by atoms with van der Waals surface area (Å²) in [6.45, 7) is -0.292. The van der Waals surface area contributed by atoms with Crippen LogP contribution < -0.4 is 5.73 Å². The van der Waals surface area contributed by atoms with Crippen LogP contribution in [0.1, 0.15) is 23.6 Å². The maximum Gasteiger partial charge on any atom is 0.416 e. The Morgan fingerprint density at radius 3 is 2.44 bits per heavy atom. The summed E-state index contributed by atoms with van der Waals surface area (Å²) in [7, 11) is 0. The van der Waals surface area contributed by atoms with E-state index in [9.17, 15) is 13.2 Å². The lowest BCUT2D eigenvalue weighted by molar-refractivity contribution is -0.138. The van der Waals surface area contributed by atoms with Gasteiger partial charge >= 0.3 is 6.18 Å². The summed E-state index contributed by atoms with van der Waals surface area (Å²) < 4.78 is 37.8. The topological polar surface area (TPSA) is 66.5 Å². The minimum absolute atomic E-state index is 0.0356. The normalized spacial score (nSPS) is 13.8. The Balaban J connectivity index is 3.18. The van der Waals surface area contributed by atoms with E-state index >= 15 is 0 Å². The number of nitrogens with two attached hydrogens (primary N) is 1. The van der Waals surface area contributed by atoms with Gasteiger partial charge in [-0.3, -0.25) is 0 Å². The van der Waals surface area contributed by atoms with Crippen molar-refractivity contribution in [3.63, 3.8) is 0 Å². The van der Waals surface area contributed by atoms with Gasteiger partial charge < -0.3 is 15.9 Å². The quantitative estimate of drug-likeness (QED) is 0.748. The third-order valence-corrected chi connectivity index (χ3v) is 2.18. The molecule has 0 bridgehead atoms. The number of aliphatic hydroxyl groups is 1. The highest BCUT2D eigenvalue weighted by molar-refractivity contribution is 5.38. The Kier molecular flexibility index (Phi) is 3.77. The number of benzene rings is 1. The summed E-state index contributed by atoms with van der Waals surface area (Å²) >= 11 is 0. The fourth-order valence-corrected chi connectivity index (χ4v) is 1.41. The van der Waals surface area contributed by atoms with Crippen molar-refractivity contribution in [1.29, 1.82) is 0 Å². The number of phenols is 1. The largest absolute Gasteiger partial charge is 0.508 e. The second kappa shape index (κ2) is 4.71. The van der Waals surface area contributed by atoms with Crippen LogP contribution in [0, 0.1) is 0 Å². The molecule has 3 nitrogen and oxygen atoms in total. The predicted molar refractivity (Wildman–Crippen MR) is 51.7 cm³/mol. The second-order valence-corrected chi connectivity index (χ2v) is 3.39. The van der Waals surface area contributed by atoms with Crippen LogP contribution in [-0.2, 0) is 6.18 Å². The molecular weight excluding hydrogens is 223 g/mol. The van der Waals surface area contributed by atoms with E-state index in [0.717, 1.165) is 12.1 Å². The Morgan fingerprint density at radius 1 is 1.31 bits per heavy atom. The van der Waals surface area contributed by atoms with Crippen LogP contribution in [0.4, 0.5) is 13.2 Å². The molecule has 1 rings (SSSR count). The van der Waals surface area contributed by atoms with Gasteiger partial charge in [-0.15, -0.1) is 0 Å². The Hall–Kier alpha value is -1.27. The Labute approximate surface area is 90.3 Å². The van der Waals surface area contributed by atoms with Crippen molar-refractivity contribution < 1.29 is 23.4 Å². The summed E-state index contributed by atoms with van der Waals surface area (Å²) in [5, 5.41) is 17.7. The fraction of sp³-hybridized carbons (Fsp3) is 0.400. The van der Waals surface area contributed by atoms with Crippen molar-refractivity contribution in [2.24, 2.45) is 5.73 Å². The van der Waals surface area contributed by atoms with Crippen LogP contribution in [0.25, 0.3) is 0 Å². The zero-order valence-electron chi connectivity index (χ0n) is 8.33. The minimum Gasteiger partial charge on any atom is -0.508 e. The van der Waals surface area contributed by atoms with E-state index in [4.69, 9.17) is 15.9 Å². The van der Waals surface area contributed by atoms with E-state index in [1.165, 1.54) is 0 Å². The van der Waals surface area contributed by atoms with Crippen molar-refractivity contribution in [1.82, 2.24) is 0 Å². The lowest BCUT2D eigenvalue weighted by atomic mass is 9.98. The molecule has 6 heteroatoms. The molecule has 0 spiro atoms. The number of alkyl halides is 3. The molecule has 0 heterocycles. The van der Waals surface area contributed by atoms with Gasteiger partial charge in [0.15, 0.2) is 0 Å². The zero-order valence-corrected chi connectivity index (χ0v) is 8.33.